The number of nitrogens with zero attached hydrogens (tertiary/aromatic N) is 1. The number of rotatable bonds is 10. The molecular formula is C20H28N6O5. The van der Waals surface area contributed by atoms with Crippen molar-refractivity contribution in [3.8, 4) is 0 Å². The molecule has 0 aromatic heterocycles. The van der Waals surface area contributed by atoms with Crippen molar-refractivity contribution in [1.82, 2.24) is 10.6 Å². The number of aliphatic imine (C=N–C) groups is 1. The van der Waals surface area contributed by atoms with E-state index in [4.69, 9.17) is 11.5 Å². The van der Waals surface area contributed by atoms with Crippen LogP contribution >= 0.6 is 0 Å². The van der Waals surface area contributed by atoms with Crippen molar-refractivity contribution < 1.29 is 23.9 Å². The van der Waals surface area contributed by atoms with E-state index in [0.717, 1.165) is 0 Å². The summed E-state index contributed by atoms with van der Waals surface area (Å²) in [5.41, 5.74) is 11.3. The third-order valence-electron chi connectivity index (χ3n) is 4.70. The maximum Gasteiger partial charge on any atom is 0.306 e. The molecule has 11 nitrogen and oxygen atoms in total. The Morgan fingerprint density at radius 2 is 2.06 bits per heavy atom. The van der Waals surface area contributed by atoms with Gasteiger partial charge in [0.2, 0.25) is 11.8 Å². The van der Waals surface area contributed by atoms with Gasteiger partial charge >= 0.3 is 5.97 Å². The average molecular weight is 432 g/mol. The summed E-state index contributed by atoms with van der Waals surface area (Å²) in [5.74, 6) is -1.70. The van der Waals surface area contributed by atoms with Crippen molar-refractivity contribution in [2.75, 3.05) is 25.5 Å². The van der Waals surface area contributed by atoms with Crippen molar-refractivity contribution in [3.63, 3.8) is 0 Å². The van der Waals surface area contributed by atoms with Gasteiger partial charge in [-0.05, 0) is 31.0 Å². The van der Waals surface area contributed by atoms with Crippen LogP contribution in [-0.2, 0) is 19.1 Å². The van der Waals surface area contributed by atoms with Crippen molar-refractivity contribution >= 4 is 35.3 Å². The molecule has 1 heterocycles. The lowest BCUT2D eigenvalue weighted by Crippen LogP contribution is -2.38. The van der Waals surface area contributed by atoms with Crippen molar-refractivity contribution in [3.05, 3.63) is 29.8 Å². The second-order valence-electron chi connectivity index (χ2n) is 7.17. The summed E-state index contributed by atoms with van der Waals surface area (Å²) in [5, 5.41) is 8.25. The van der Waals surface area contributed by atoms with Gasteiger partial charge in [-0.1, -0.05) is 6.07 Å². The van der Waals surface area contributed by atoms with Gasteiger partial charge in [-0.2, -0.15) is 0 Å². The molecule has 1 fully saturated rings. The first-order valence-electron chi connectivity index (χ1n) is 9.89. The molecule has 11 heteroatoms. The second kappa shape index (κ2) is 11.5. The number of methoxy groups -OCH3 is 1. The van der Waals surface area contributed by atoms with Gasteiger partial charge in [0.25, 0.3) is 5.91 Å². The Labute approximate surface area is 180 Å². The minimum Gasteiger partial charge on any atom is -0.469 e. The van der Waals surface area contributed by atoms with Crippen LogP contribution in [0.2, 0.25) is 0 Å². The minimum atomic E-state index is -0.458. The van der Waals surface area contributed by atoms with E-state index in [2.05, 4.69) is 25.7 Å². The molecule has 1 aliphatic heterocycles. The van der Waals surface area contributed by atoms with E-state index in [1.807, 2.05) is 0 Å². The molecule has 1 aliphatic rings. The first-order valence-corrected chi connectivity index (χ1v) is 9.89. The van der Waals surface area contributed by atoms with E-state index >= 15 is 0 Å². The molecule has 0 bridgehead atoms. The lowest BCUT2D eigenvalue weighted by atomic mass is 10.0. The number of carbonyl (C=O) groups is 4. The fourth-order valence-corrected chi connectivity index (χ4v) is 3.15. The first kappa shape index (κ1) is 23.6. The van der Waals surface area contributed by atoms with E-state index in [0.29, 0.717) is 30.6 Å². The van der Waals surface area contributed by atoms with Crippen LogP contribution in [-0.4, -0.2) is 55.9 Å². The second-order valence-corrected chi connectivity index (χ2v) is 7.17. The predicted molar refractivity (Wildman–Crippen MR) is 114 cm³/mol. The van der Waals surface area contributed by atoms with Crippen LogP contribution in [0.4, 0.5) is 5.69 Å². The number of esters is 1. The molecule has 168 valence electrons. The Morgan fingerprint density at radius 1 is 1.29 bits per heavy atom. The Morgan fingerprint density at radius 3 is 2.77 bits per heavy atom. The number of amides is 3. The summed E-state index contributed by atoms with van der Waals surface area (Å²) < 4.78 is 4.59. The summed E-state index contributed by atoms with van der Waals surface area (Å²) >= 11 is 0. The molecule has 1 aromatic rings. The fraction of sp³-hybridized carbons (Fsp3) is 0.450. The van der Waals surface area contributed by atoms with Crippen LogP contribution in [0.3, 0.4) is 0 Å². The lowest BCUT2D eigenvalue weighted by molar-refractivity contribution is -0.143. The van der Waals surface area contributed by atoms with Crippen LogP contribution in [0.15, 0.2) is 29.3 Å². The van der Waals surface area contributed by atoms with Crippen LogP contribution in [0, 0.1) is 5.92 Å². The number of nitrogens with one attached hydrogen (secondary N) is 3. The average Bonchev–Trinajstić information content (AvgIpc) is 3.08. The van der Waals surface area contributed by atoms with Crippen LogP contribution < -0.4 is 27.4 Å². The molecule has 0 radical (unpaired) electrons. The van der Waals surface area contributed by atoms with Gasteiger partial charge in [0.1, 0.15) is 0 Å². The number of hydrogen-bond acceptors (Lipinski definition) is 6. The highest BCUT2D eigenvalue weighted by Gasteiger charge is 2.33. The van der Waals surface area contributed by atoms with Crippen molar-refractivity contribution in [2.24, 2.45) is 22.4 Å². The maximum absolute atomic E-state index is 12.5. The number of ether oxygens (including phenoxy) is 1. The highest BCUT2D eigenvalue weighted by atomic mass is 16.5. The van der Waals surface area contributed by atoms with E-state index in [9.17, 15) is 19.2 Å². The Balaban J connectivity index is 1.81. The number of guanidine groups is 1. The standard InChI is InChI=1S/C20H28N6O5/c1-31-17(28)10-13-9-15(26-19(13)30)11-24-18(29)12-4-2-5-14(8-12)25-16(27)6-3-7-23-20(21)22/h2,4-5,8,13,15H,3,6-7,9-11H2,1H3,(H,24,29)(H,25,27)(H,26,30)(H4,21,22,23)/t13-,15-/m0/s1. The molecule has 31 heavy (non-hydrogen) atoms. The molecule has 1 saturated heterocycles. The summed E-state index contributed by atoms with van der Waals surface area (Å²) in [4.78, 5) is 51.6. The molecule has 0 spiro atoms. The molecule has 1 aromatic carbocycles. The SMILES string of the molecule is COC(=O)C[C@@H]1C[C@@H](CNC(=O)c2cccc(NC(=O)CCCN=C(N)N)c2)NC1=O. The molecule has 0 unspecified atom stereocenters. The number of anilines is 1. The number of carbonyl (C=O) groups excluding carboxylic acids is 4. The third-order valence-corrected chi connectivity index (χ3v) is 4.70. The zero-order chi connectivity index (χ0) is 22.8. The van der Waals surface area contributed by atoms with Crippen molar-refractivity contribution in [1.29, 1.82) is 0 Å². The number of nitrogens with two attached hydrogens (primary N) is 2. The van der Waals surface area contributed by atoms with E-state index in [-0.39, 0.29) is 49.1 Å². The normalized spacial score (nSPS) is 17.4. The summed E-state index contributed by atoms with van der Waals surface area (Å²) in [6.45, 7) is 0.583. The molecule has 0 aliphatic carbocycles. The number of hydrogen-bond donors (Lipinski definition) is 5. The molecule has 3 amide bonds. The van der Waals surface area contributed by atoms with Gasteiger partial charge < -0.3 is 32.2 Å². The molecule has 2 rings (SSSR count). The van der Waals surface area contributed by atoms with Gasteiger partial charge in [-0.25, -0.2) is 0 Å². The van der Waals surface area contributed by atoms with Crippen LogP contribution in [0.5, 0.6) is 0 Å². The van der Waals surface area contributed by atoms with Crippen molar-refractivity contribution in [2.45, 2.75) is 31.7 Å². The lowest BCUT2D eigenvalue weighted by Gasteiger charge is -2.12. The van der Waals surface area contributed by atoms with Gasteiger partial charge in [0.05, 0.1) is 19.4 Å². The maximum atomic E-state index is 12.5. The molecule has 2 atom stereocenters. The van der Waals surface area contributed by atoms with Gasteiger partial charge in [0, 0.05) is 36.8 Å². The van der Waals surface area contributed by atoms with Gasteiger partial charge in [0.15, 0.2) is 5.96 Å². The topological polar surface area (TPSA) is 178 Å². The van der Waals surface area contributed by atoms with Crippen LogP contribution in [0.1, 0.15) is 36.0 Å². The van der Waals surface area contributed by atoms with E-state index in [1.165, 1.54) is 7.11 Å². The molecule has 7 N–H and O–H groups in total. The molecule has 0 saturated carbocycles. The Hall–Kier alpha value is -3.63. The zero-order valence-electron chi connectivity index (χ0n) is 17.3. The zero-order valence-corrected chi connectivity index (χ0v) is 17.3. The fourth-order valence-electron chi connectivity index (χ4n) is 3.15. The smallest absolute Gasteiger partial charge is 0.306 e. The quantitative estimate of drug-likeness (QED) is 0.143. The van der Waals surface area contributed by atoms with Gasteiger partial charge in [-0.15, -0.1) is 0 Å². The monoisotopic (exact) mass is 432 g/mol. The largest absolute Gasteiger partial charge is 0.469 e. The third kappa shape index (κ3) is 7.96. The summed E-state index contributed by atoms with van der Waals surface area (Å²) in [7, 11) is 1.27. The molecular weight excluding hydrogens is 404 g/mol. The van der Waals surface area contributed by atoms with E-state index < -0.39 is 11.9 Å². The summed E-state index contributed by atoms with van der Waals surface area (Å²) in [6, 6.07) is 6.26. The predicted octanol–water partition coefficient (Wildman–Crippen LogP) is -0.524. The Bertz CT molecular complexity index is 852. The van der Waals surface area contributed by atoms with E-state index in [1.54, 1.807) is 24.3 Å². The summed E-state index contributed by atoms with van der Waals surface area (Å²) in [6.07, 6.45) is 1.18. The minimum absolute atomic E-state index is 0.0144. The van der Waals surface area contributed by atoms with Crippen LogP contribution in [0.25, 0.3) is 0 Å². The highest BCUT2D eigenvalue weighted by molar-refractivity contribution is 5.97. The first-order chi connectivity index (χ1) is 14.8. The Kier molecular flexibility index (Phi) is 8.79. The highest BCUT2D eigenvalue weighted by Crippen LogP contribution is 2.19. The number of benzene rings is 1. The van der Waals surface area contributed by atoms with Gasteiger partial charge in [-0.3, -0.25) is 24.2 Å².